The quantitative estimate of drug-likeness (QED) is 0.105. The number of halogens is 1. The zero-order valence-electron chi connectivity index (χ0n) is 34.1. The summed E-state index contributed by atoms with van der Waals surface area (Å²) < 4.78 is 32.7. The van der Waals surface area contributed by atoms with Gasteiger partial charge in [0.25, 0.3) is 0 Å². The van der Waals surface area contributed by atoms with Crippen LogP contribution in [0.5, 0.6) is 23.0 Å². The Morgan fingerprint density at radius 2 is 1.26 bits per heavy atom. The fourth-order valence-corrected chi connectivity index (χ4v) is 7.62. The van der Waals surface area contributed by atoms with Gasteiger partial charge in [0, 0.05) is 13.2 Å². The van der Waals surface area contributed by atoms with Crippen molar-refractivity contribution in [3.05, 3.63) is 101 Å². The molecule has 3 aromatic rings. The molecule has 0 aliphatic heterocycles. The lowest BCUT2D eigenvalue weighted by atomic mass is 9.87. The Bertz CT molecular complexity index is 2220. The molecule has 0 amide bonds. The minimum absolute atomic E-state index is 0.0371. The lowest BCUT2D eigenvalue weighted by Crippen LogP contribution is -2.47. The number of aryl methyl sites for hydroxylation is 1. The molecular formula is C43H47BrO13. The van der Waals surface area contributed by atoms with E-state index in [9.17, 15) is 34.2 Å². The van der Waals surface area contributed by atoms with Gasteiger partial charge >= 0.3 is 23.9 Å². The maximum absolute atomic E-state index is 14.0. The largest absolute Gasteiger partial charge is 0.506 e. The van der Waals surface area contributed by atoms with Gasteiger partial charge < -0.3 is 38.6 Å². The Labute approximate surface area is 339 Å². The van der Waals surface area contributed by atoms with Gasteiger partial charge in [0.2, 0.25) is 5.60 Å². The van der Waals surface area contributed by atoms with Crippen molar-refractivity contribution in [2.75, 3.05) is 21.0 Å². The molecule has 3 aromatic carbocycles. The molecule has 1 aliphatic rings. The van der Waals surface area contributed by atoms with Crippen LogP contribution in [0.3, 0.4) is 0 Å². The normalized spacial score (nSPS) is 15.1. The average molecular weight is 852 g/mol. The summed E-state index contributed by atoms with van der Waals surface area (Å²) in [6.07, 6.45) is 2.98. The van der Waals surface area contributed by atoms with Gasteiger partial charge in [-0.2, -0.15) is 0 Å². The molecule has 0 saturated heterocycles. The third-order valence-electron chi connectivity index (χ3n) is 10.5. The third-order valence-corrected chi connectivity index (χ3v) is 11.2. The lowest BCUT2D eigenvalue weighted by molar-refractivity contribution is -0.151. The molecule has 0 spiro atoms. The van der Waals surface area contributed by atoms with Gasteiger partial charge in [-0.1, -0.05) is 13.8 Å². The van der Waals surface area contributed by atoms with Gasteiger partial charge in [0.05, 0.1) is 18.2 Å². The van der Waals surface area contributed by atoms with Crippen LogP contribution in [0.25, 0.3) is 0 Å². The predicted molar refractivity (Wildman–Crippen MR) is 212 cm³/mol. The smallest absolute Gasteiger partial charge is 0.356 e. The summed E-state index contributed by atoms with van der Waals surface area (Å²) >= 11 is 3.23. The number of benzene rings is 3. The van der Waals surface area contributed by atoms with Crippen molar-refractivity contribution in [3.63, 3.8) is 0 Å². The standard InChI is InChI=1S/C43H47BrO13/c1-13-28-25(9)33(39(47)54-18-52-11)26(10)29(14-2)38(28)56-40(48)32-19(3)15-30(21(5)22(32)6)55-41(49)34-23(7)24(8)37(35(44)36(34)46)57-42(50)43(51)20(4)16-27(45)17-31(43)53-12/h15-17,46,51H,13-14,18H2,1-12H3/t43-/m1/s1. The number of allylic oxidation sites excluding steroid dienone is 2. The fraction of sp³-hybridized carbons (Fsp3) is 0.372. The molecule has 57 heavy (non-hydrogen) atoms. The van der Waals surface area contributed by atoms with Crippen molar-refractivity contribution >= 4 is 45.6 Å². The number of aliphatic hydroxyl groups is 1. The summed E-state index contributed by atoms with van der Waals surface area (Å²) in [5.41, 5.74) is 2.48. The highest BCUT2D eigenvalue weighted by molar-refractivity contribution is 9.10. The van der Waals surface area contributed by atoms with E-state index >= 15 is 0 Å². The number of hydrogen-bond acceptors (Lipinski definition) is 13. The van der Waals surface area contributed by atoms with E-state index in [0.717, 1.165) is 12.2 Å². The fourth-order valence-electron chi connectivity index (χ4n) is 7.04. The molecule has 13 nitrogen and oxygen atoms in total. The van der Waals surface area contributed by atoms with E-state index in [2.05, 4.69) is 15.9 Å². The van der Waals surface area contributed by atoms with Crippen LogP contribution in [-0.2, 0) is 36.6 Å². The zero-order chi connectivity index (χ0) is 42.8. The molecule has 1 atom stereocenters. The number of phenols is 1. The van der Waals surface area contributed by atoms with E-state index in [-0.39, 0.29) is 56.4 Å². The molecule has 0 saturated carbocycles. The van der Waals surface area contributed by atoms with Crippen LogP contribution in [0, 0.1) is 48.5 Å². The van der Waals surface area contributed by atoms with Crippen LogP contribution >= 0.6 is 15.9 Å². The zero-order valence-corrected chi connectivity index (χ0v) is 35.7. The first-order valence-electron chi connectivity index (χ1n) is 18.0. The second kappa shape index (κ2) is 17.5. The van der Waals surface area contributed by atoms with Crippen LogP contribution in [-0.4, -0.2) is 66.5 Å². The van der Waals surface area contributed by atoms with Crippen molar-refractivity contribution in [2.45, 2.75) is 87.7 Å². The number of methoxy groups -OCH3 is 2. The van der Waals surface area contributed by atoms with Gasteiger partial charge in [0.15, 0.2) is 18.3 Å². The van der Waals surface area contributed by atoms with Crippen molar-refractivity contribution < 1.29 is 62.6 Å². The number of carbonyl (C=O) groups excluding carboxylic acids is 5. The molecule has 0 aromatic heterocycles. The average Bonchev–Trinajstić information content (AvgIpc) is 3.15. The maximum atomic E-state index is 14.0. The number of carbonyl (C=O) groups is 5. The Balaban J connectivity index is 1.68. The summed E-state index contributed by atoms with van der Waals surface area (Å²) in [6.45, 7) is 16.7. The molecule has 0 unspecified atom stereocenters. The van der Waals surface area contributed by atoms with E-state index < -0.39 is 41.0 Å². The molecule has 2 N–H and O–H groups in total. The van der Waals surface area contributed by atoms with Gasteiger partial charge in [-0.25, -0.2) is 19.2 Å². The second-order valence-corrected chi connectivity index (χ2v) is 14.5. The first kappa shape index (κ1) is 44.4. The van der Waals surface area contributed by atoms with Crippen LogP contribution in [0.1, 0.15) is 102 Å². The van der Waals surface area contributed by atoms with Crippen LogP contribution in [0.4, 0.5) is 0 Å². The number of ketones is 1. The number of rotatable bonds is 12. The molecule has 4 rings (SSSR count). The molecule has 0 fully saturated rings. The van der Waals surface area contributed by atoms with Crippen molar-refractivity contribution in [1.29, 1.82) is 0 Å². The Kier molecular flexibility index (Phi) is 13.6. The third kappa shape index (κ3) is 7.98. The minimum Gasteiger partial charge on any atom is -0.506 e. The molecule has 0 bridgehead atoms. The van der Waals surface area contributed by atoms with Crippen LogP contribution in [0.15, 0.2) is 34.0 Å². The summed E-state index contributed by atoms with van der Waals surface area (Å²) in [5.74, 6) is -4.43. The van der Waals surface area contributed by atoms with Gasteiger partial charge in [-0.3, -0.25) is 4.79 Å². The topological polar surface area (TPSA) is 181 Å². The van der Waals surface area contributed by atoms with Gasteiger partial charge in [-0.15, -0.1) is 0 Å². The Morgan fingerprint density at radius 1 is 0.702 bits per heavy atom. The molecule has 0 radical (unpaired) electrons. The van der Waals surface area contributed by atoms with Crippen molar-refractivity contribution in [3.8, 4) is 23.0 Å². The van der Waals surface area contributed by atoms with E-state index in [0.29, 0.717) is 63.1 Å². The first-order valence-corrected chi connectivity index (χ1v) is 18.8. The van der Waals surface area contributed by atoms with Crippen molar-refractivity contribution in [1.82, 2.24) is 0 Å². The monoisotopic (exact) mass is 850 g/mol. The molecular weight excluding hydrogens is 804 g/mol. The van der Waals surface area contributed by atoms with Crippen LogP contribution in [0.2, 0.25) is 0 Å². The lowest BCUT2D eigenvalue weighted by Gasteiger charge is -2.30. The van der Waals surface area contributed by atoms with Crippen molar-refractivity contribution in [2.24, 2.45) is 0 Å². The summed E-state index contributed by atoms with van der Waals surface area (Å²) in [6, 6.07) is 1.53. The Morgan fingerprint density at radius 3 is 1.81 bits per heavy atom. The number of aromatic hydroxyl groups is 1. The number of hydrogen-bond donors (Lipinski definition) is 2. The highest BCUT2D eigenvalue weighted by atomic mass is 79.9. The van der Waals surface area contributed by atoms with Crippen LogP contribution < -0.4 is 14.2 Å². The van der Waals surface area contributed by atoms with E-state index in [4.69, 9.17) is 28.4 Å². The summed E-state index contributed by atoms with van der Waals surface area (Å²) in [4.78, 5) is 66.2. The molecule has 14 heteroatoms. The SMILES string of the molecule is CCc1c(C)c(C(=O)OCOC)c(C)c(CC)c1OC(=O)c1c(C)cc(OC(=O)c2c(C)c(C)c(OC(=O)[C@@]3(O)C(C)=CC(=O)C=C3OC)c(Br)c2O)c(C)c1C. The maximum Gasteiger partial charge on any atom is 0.356 e. The summed E-state index contributed by atoms with van der Waals surface area (Å²) in [7, 11) is 2.61. The highest BCUT2D eigenvalue weighted by Crippen LogP contribution is 2.44. The van der Waals surface area contributed by atoms with E-state index in [1.807, 2.05) is 13.8 Å². The highest BCUT2D eigenvalue weighted by Gasteiger charge is 2.48. The van der Waals surface area contributed by atoms with Gasteiger partial charge in [0.1, 0.15) is 33.0 Å². The number of phenolic OH excluding ortho intramolecular Hbond substituents is 1. The number of esters is 4. The van der Waals surface area contributed by atoms with Gasteiger partial charge in [-0.05, 0) is 152 Å². The predicted octanol–water partition coefficient (Wildman–Crippen LogP) is 7.33. The Hall–Kier alpha value is -5.31. The molecule has 304 valence electrons. The molecule has 0 heterocycles. The second-order valence-electron chi connectivity index (χ2n) is 13.7. The first-order chi connectivity index (χ1) is 26.7. The minimum atomic E-state index is -2.43. The number of ether oxygens (including phenoxy) is 6. The van der Waals surface area contributed by atoms with E-state index in [1.54, 1.807) is 41.5 Å². The summed E-state index contributed by atoms with van der Waals surface area (Å²) in [5, 5.41) is 22.6. The van der Waals surface area contributed by atoms with E-state index in [1.165, 1.54) is 34.1 Å². The molecule has 1 aliphatic carbocycles.